The Morgan fingerprint density at radius 3 is 2.63 bits per heavy atom. The van der Waals surface area contributed by atoms with E-state index in [1.165, 1.54) is 19.1 Å². The third kappa shape index (κ3) is 3.76. The van der Waals surface area contributed by atoms with Gasteiger partial charge in [0.15, 0.2) is 0 Å². The largest absolute Gasteiger partial charge is 0.480 e. The molecule has 0 aliphatic carbocycles. The fraction of sp³-hybridized carbons (Fsp3) is 0.385. The smallest absolute Gasteiger partial charge is 0.329 e. The predicted molar refractivity (Wildman–Crippen MR) is 72.5 cm³/mol. The van der Waals surface area contributed by atoms with Crippen molar-refractivity contribution in [2.24, 2.45) is 0 Å². The molecule has 0 radical (unpaired) electrons. The maximum atomic E-state index is 13.6. The number of benzene rings is 1. The lowest BCUT2D eigenvalue weighted by Gasteiger charge is -2.25. The number of amides is 1. The lowest BCUT2D eigenvalue weighted by Crippen LogP contribution is -2.52. The summed E-state index contributed by atoms with van der Waals surface area (Å²) >= 11 is 3.14. The number of carboxylic acids is 1. The maximum absolute atomic E-state index is 13.6. The van der Waals surface area contributed by atoms with Crippen LogP contribution in [0.25, 0.3) is 0 Å². The molecule has 0 saturated heterocycles. The van der Waals surface area contributed by atoms with Crippen LogP contribution in [0.15, 0.2) is 22.7 Å². The highest BCUT2D eigenvalue weighted by Gasteiger charge is 2.34. The second kappa shape index (κ2) is 6.14. The van der Waals surface area contributed by atoms with E-state index in [0.717, 1.165) is 6.07 Å². The Balaban J connectivity index is 3.00. The zero-order valence-electron chi connectivity index (χ0n) is 10.7. The van der Waals surface area contributed by atoms with Crippen LogP contribution in [0.3, 0.4) is 0 Å². The van der Waals surface area contributed by atoms with Gasteiger partial charge in [-0.1, -0.05) is 29.3 Å². The zero-order chi connectivity index (χ0) is 14.6. The van der Waals surface area contributed by atoms with Crippen LogP contribution in [0.5, 0.6) is 0 Å². The van der Waals surface area contributed by atoms with E-state index < -0.39 is 23.2 Å². The molecule has 2 N–H and O–H groups in total. The Bertz CT molecular complexity index is 507. The zero-order valence-corrected chi connectivity index (χ0v) is 12.3. The Kier molecular flexibility index (Phi) is 5.05. The molecule has 0 spiro atoms. The van der Waals surface area contributed by atoms with Crippen molar-refractivity contribution < 1.29 is 19.1 Å². The standard InChI is InChI=1S/C13H15BrFNO3/c1-3-6-13(2,12(18)19)16-11(17)9-7-8(14)4-5-10(9)15/h4-5,7H,3,6H2,1-2H3,(H,16,17)(H,18,19). The quantitative estimate of drug-likeness (QED) is 0.871. The summed E-state index contributed by atoms with van der Waals surface area (Å²) in [6, 6.07) is 3.93. The molecule has 6 heteroatoms. The molecule has 1 aromatic rings. The normalized spacial score (nSPS) is 13.7. The second-order valence-corrected chi connectivity index (χ2v) is 5.38. The molecule has 0 aliphatic heterocycles. The first-order valence-corrected chi connectivity index (χ1v) is 6.60. The van der Waals surface area contributed by atoms with Gasteiger partial charge in [0.2, 0.25) is 0 Å². The molecule has 1 atom stereocenters. The van der Waals surface area contributed by atoms with Gasteiger partial charge in [-0.2, -0.15) is 0 Å². The summed E-state index contributed by atoms with van der Waals surface area (Å²) in [6.45, 7) is 3.22. The molecule has 1 aromatic carbocycles. The van der Waals surface area contributed by atoms with Gasteiger partial charge >= 0.3 is 5.97 Å². The molecule has 1 unspecified atom stereocenters. The van der Waals surface area contributed by atoms with Crippen molar-refractivity contribution in [2.45, 2.75) is 32.2 Å². The van der Waals surface area contributed by atoms with Crippen LogP contribution in [0.2, 0.25) is 0 Å². The molecule has 0 heterocycles. The maximum Gasteiger partial charge on any atom is 0.329 e. The topological polar surface area (TPSA) is 66.4 Å². The lowest BCUT2D eigenvalue weighted by atomic mass is 9.95. The van der Waals surface area contributed by atoms with Crippen molar-refractivity contribution in [1.29, 1.82) is 0 Å². The van der Waals surface area contributed by atoms with Crippen molar-refractivity contribution in [2.75, 3.05) is 0 Å². The molecule has 19 heavy (non-hydrogen) atoms. The number of aliphatic carboxylic acids is 1. The summed E-state index contributed by atoms with van der Waals surface area (Å²) in [7, 11) is 0. The molecule has 104 valence electrons. The first-order chi connectivity index (χ1) is 8.80. The third-order valence-electron chi connectivity index (χ3n) is 2.78. The number of hydrogen-bond donors (Lipinski definition) is 2. The predicted octanol–water partition coefficient (Wildman–Crippen LogP) is 2.96. The van der Waals surface area contributed by atoms with E-state index in [4.69, 9.17) is 5.11 Å². The summed E-state index contributed by atoms with van der Waals surface area (Å²) in [6.07, 6.45) is 0.855. The summed E-state index contributed by atoms with van der Waals surface area (Å²) in [4.78, 5) is 23.2. The fourth-order valence-corrected chi connectivity index (χ4v) is 2.07. The number of nitrogens with one attached hydrogen (secondary N) is 1. The van der Waals surface area contributed by atoms with E-state index in [-0.39, 0.29) is 12.0 Å². The molecule has 4 nitrogen and oxygen atoms in total. The minimum atomic E-state index is -1.40. The highest BCUT2D eigenvalue weighted by Crippen LogP contribution is 2.18. The fourth-order valence-electron chi connectivity index (χ4n) is 1.71. The summed E-state index contributed by atoms with van der Waals surface area (Å²) in [5, 5.41) is 11.5. The van der Waals surface area contributed by atoms with Gasteiger partial charge in [0, 0.05) is 4.47 Å². The van der Waals surface area contributed by atoms with Gasteiger partial charge in [-0.15, -0.1) is 0 Å². The van der Waals surface area contributed by atoms with Crippen molar-refractivity contribution >= 4 is 27.8 Å². The number of hydrogen-bond acceptors (Lipinski definition) is 2. The van der Waals surface area contributed by atoms with E-state index in [0.29, 0.717) is 10.9 Å². The minimum Gasteiger partial charge on any atom is -0.480 e. The number of halogens is 2. The van der Waals surface area contributed by atoms with Crippen LogP contribution in [0.1, 0.15) is 37.0 Å². The second-order valence-electron chi connectivity index (χ2n) is 4.47. The first-order valence-electron chi connectivity index (χ1n) is 5.81. The molecule has 0 aliphatic rings. The summed E-state index contributed by atoms with van der Waals surface area (Å²) in [5.41, 5.74) is -1.58. The first kappa shape index (κ1) is 15.6. The van der Waals surface area contributed by atoms with Crippen LogP contribution in [0.4, 0.5) is 4.39 Å². The van der Waals surface area contributed by atoms with Gasteiger partial charge < -0.3 is 10.4 Å². The average molecular weight is 332 g/mol. The molecule has 0 bridgehead atoms. The van der Waals surface area contributed by atoms with Gasteiger partial charge in [0.1, 0.15) is 11.4 Å². The minimum absolute atomic E-state index is 0.182. The van der Waals surface area contributed by atoms with Gasteiger partial charge in [-0.3, -0.25) is 4.79 Å². The van der Waals surface area contributed by atoms with Crippen LogP contribution in [-0.2, 0) is 4.79 Å². The molecular formula is C13H15BrFNO3. The van der Waals surface area contributed by atoms with Gasteiger partial charge in [0.25, 0.3) is 5.91 Å². The Hall–Kier alpha value is -1.43. The van der Waals surface area contributed by atoms with E-state index >= 15 is 0 Å². The summed E-state index contributed by atoms with van der Waals surface area (Å²) in [5.74, 6) is -2.57. The average Bonchev–Trinajstić information content (AvgIpc) is 2.32. The van der Waals surface area contributed by atoms with Crippen molar-refractivity contribution in [3.8, 4) is 0 Å². The molecule has 0 aromatic heterocycles. The molecule has 1 amide bonds. The molecule has 1 rings (SSSR count). The van der Waals surface area contributed by atoms with Gasteiger partial charge in [-0.25, -0.2) is 9.18 Å². The number of carbonyl (C=O) groups is 2. The molecule has 0 saturated carbocycles. The highest BCUT2D eigenvalue weighted by molar-refractivity contribution is 9.10. The van der Waals surface area contributed by atoms with Crippen LogP contribution in [0, 0.1) is 5.82 Å². The number of carboxylic acid groups (broad SMARTS) is 1. The van der Waals surface area contributed by atoms with Crippen LogP contribution in [-0.4, -0.2) is 22.5 Å². The Labute approximate surface area is 119 Å². The van der Waals surface area contributed by atoms with E-state index in [2.05, 4.69) is 21.2 Å². The SMILES string of the molecule is CCCC(C)(NC(=O)c1cc(Br)ccc1F)C(=O)O. The van der Waals surface area contributed by atoms with Gasteiger partial charge in [-0.05, 0) is 31.5 Å². The van der Waals surface area contributed by atoms with E-state index in [9.17, 15) is 14.0 Å². The van der Waals surface area contributed by atoms with Crippen molar-refractivity contribution in [3.63, 3.8) is 0 Å². The van der Waals surface area contributed by atoms with Crippen molar-refractivity contribution in [1.82, 2.24) is 5.32 Å². The Morgan fingerprint density at radius 2 is 2.11 bits per heavy atom. The Morgan fingerprint density at radius 1 is 1.47 bits per heavy atom. The van der Waals surface area contributed by atoms with Gasteiger partial charge in [0.05, 0.1) is 5.56 Å². The van der Waals surface area contributed by atoms with Crippen molar-refractivity contribution in [3.05, 3.63) is 34.1 Å². The molecule has 0 fully saturated rings. The van der Waals surface area contributed by atoms with E-state index in [1.54, 1.807) is 0 Å². The molecular weight excluding hydrogens is 317 g/mol. The highest BCUT2D eigenvalue weighted by atomic mass is 79.9. The van der Waals surface area contributed by atoms with E-state index in [1.807, 2.05) is 6.92 Å². The lowest BCUT2D eigenvalue weighted by molar-refractivity contribution is -0.144. The third-order valence-corrected chi connectivity index (χ3v) is 3.28. The number of rotatable bonds is 5. The van der Waals surface area contributed by atoms with Crippen LogP contribution < -0.4 is 5.32 Å². The monoisotopic (exact) mass is 331 g/mol. The number of carbonyl (C=O) groups excluding carboxylic acids is 1. The summed E-state index contributed by atoms with van der Waals surface area (Å²) < 4.78 is 14.1. The van der Waals surface area contributed by atoms with Crippen LogP contribution >= 0.6 is 15.9 Å².